The topological polar surface area (TPSA) is 34.1 Å². The van der Waals surface area contributed by atoms with Gasteiger partial charge < -0.3 is 10.1 Å². The first-order valence-corrected chi connectivity index (χ1v) is 6.35. The van der Waals surface area contributed by atoms with Crippen LogP contribution < -0.4 is 10.1 Å². The quantitative estimate of drug-likeness (QED) is 0.899. The molecule has 3 nitrogen and oxygen atoms in total. The van der Waals surface area contributed by atoms with Crippen molar-refractivity contribution in [2.24, 2.45) is 0 Å². The highest BCUT2D eigenvalue weighted by atomic mass is 19.1. The molecule has 0 saturated heterocycles. The second-order valence-electron chi connectivity index (χ2n) is 4.35. The van der Waals surface area contributed by atoms with Crippen molar-refractivity contribution in [2.45, 2.75) is 19.4 Å². The predicted molar refractivity (Wildman–Crippen MR) is 73.8 cm³/mol. The van der Waals surface area contributed by atoms with E-state index >= 15 is 0 Å². The molecular formula is C15H16F2N2O. The number of anilines is 1. The first kappa shape index (κ1) is 14.2. The fraction of sp³-hybridized carbons (Fsp3) is 0.267. The van der Waals surface area contributed by atoms with Crippen LogP contribution in [-0.4, -0.2) is 12.1 Å². The highest BCUT2D eigenvalue weighted by molar-refractivity contribution is 5.57. The molecule has 1 atom stereocenters. The minimum atomic E-state index is -0.372. The van der Waals surface area contributed by atoms with E-state index in [0.29, 0.717) is 11.4 Å². The Morgan fingerprint density at radius 3 is 2.55 bits per heavy atom. The van der Waals surface area contributed by atoms with Crippen molar-refractivity contribution in [2.75, 3.05) is 12.4 Å². The molecule has 0 aliphatic rings. The van der Waals surface area contributed by atoms with Gasteiger partial charge in [0.1, 0.15) is 17.4 Å². The van der Waals surface area contributed by atoms with Gasteiger partial charge in [0.25, 0.3) is 0 Å². The van der Waals surface area contributed by atoms with E-state index in [1.807, 2.05) is 6.92 Å². The van der Waals surface area contributed by atoms with Crippen LogP contribution in [0.4, 0.5) is 14.5 Å². The lowest BCUT2D eigenvalue weighted by Gasteiger charge is -2.19. The molecule has 1 N–H and O–H groups in total. The number of hydrogen-bond donors (Lipinski definition) is 1. The molecule has 0 saturated carbocycles. The van der Waals surface area contributed by atoms with Crippen LogP contribution in [0, 0.1) is 11.6 Å². The number of pyridine rings is 1. The zero-order valence-electron chi connectivity index (χ0n) is 11.4. The summed E-state index contributed by atoms with van der Waals surface area (Å²) in [6, 6.07) is 7.18. The first-order chi connectivity index (χ1) is 9.63. The Bertz CT molecular complexity index is 573. The van der Waals surface area contributed by atoms with Gasteiger partial charge in [-0.05, 0) is 30.7 Å². The van der Waals surface area contributed by atoms with E-state index in [2.05, 4.69) is 10.3 Å². The molecule has 0 aliphatic heterocycles. The van der Waals surface area contributed by atoms with Gasteiger partial charge in [0, 0.05) is 6.07 Å². The summed E-state index contributed by atoms with van der Waals surface area (Å²) in [6.07, 6.45) is 1.93. The monoisotopic (exact) mass is 278 g/mol. The van der Waals surface area contributed by atoms with E-state index in [0.717, 1.165) is 12.1 Å². The Kier molecular flexibility index (Phi) is 4.50. The lowest BCUT2D eigenvalue weighted by atomic mass is 10.1. The standard InChI is InChI=1S/C15H16F2N2O/c1-3-12(13-6-5-11(17)9-18-13)19-14-7-4-10(16)8-15(14)20-2/h4-9,12,19H,3H2,1-2H3. The van der Waals surface area contributed by atoms with Crippen LogP contribution in [0.1, 0.15) is 25.1 Å². The second kappa shape index (κ2) is 6.32. The van der Waals surface area contributed by atoms with Crippen molar-refractivity contribution in [1.29, 1.82) is 0 Å². The van der Waals surface area contributed by atoms with Crippen LogP contribution in [0.25, 0.3) is 0 Å². The van der Waals surface area contributed by atoms with E-state index in [1.54, 1.807) is 12.1 Å². The lowest BCUT2D eigenvalue weighted by Crippen LogP contribution is -2.12. The average molecular weight is 278 g/mol. The second-order valence-corrected chi connectivity index (χ2v) is 4.35. The normalized spacial score (nSPS) is 12.0. The third kappa shape index (κ3) is 3.23. The molecule has 0 fully saturated rings. The van der Waals surface area contributed by atoms with E-state index < -0.39 is 0 Å². The van der Waals surface area contributed by atoms with Crippen molar-refractivity contribution >= 4 is 5.69 Å². The van der Waals surface area contributed by atoms with Crippen molar-refractivity contribution in [3.05, 3.63) is 53.9 Å². The van der Waals surface area contributed by atoms with Gasteiger partial charge in [-0.1, -0.05) is 6.92 Å². The SMILES string of the molecule is CCC(Nc1ccc(F)cc1OC)c1ccc(F)cn1. The smallest absolute Gasteiger partial charge is 0.144 e. The van der Waals surface area contributed by atoms with E-state index in [9.17, 15) is 8.78 Å². The van der Waals surface area contributed by atoms with Crippen molar-refractivity contribution < 1.29 is 13.5 Å². The zero-order valence-corrected chi connectivity index (χ0v) is 11.4. The number of rotatable bonds is 5. The predicted octanol–water partition coefficient (Wildman–Crippen LogP) is 3.93. The largest absolute Gasteiger partial charge is 0.494 e. The molecule has 0 bridgehead atoms. The van der Waals surface area contributed by atoms with Gasteiger partial charge in [0.2, 0.25) is 0 Å². The highest BCUT2D eigenvalue weighted by Gasteiger charge is 2.13. The van der Waals surface area contributed by atoms with Gasteiger partial charge in [-0.25, -0.2) is 8.78 Å². The Labute approximate surface area is 116 Å². The van der Waals surface area contributed by atoms with Gasteiger partial charge in [-0.15, -0.1) is 0 Å². The molecule has 1 aromatic carbocycles. The minimum absolute atomic E-state index is 0.102. The summed E-state index contributed by atoms with van der Waals surface area (Å²) in [6.45, 7) is 1.98. The van der Waals surface area contributed by atoms with Crippen molar-refractivity contribution in [1.82, 2.24) is 4.98 Å². The summed E-state index contributed by atoms with van der Waals surface area (Å²) < 4.78 is 31.2. The van der Waals surface area contributed by atoms with Gasteiger partial charge in [0.15, 0.2) is 0 Å². The number of halogens is 2. The number of aromatic nitrogens is 1. The molecule has 106 valence electrons. The molecule has 5 heteroatoms. The molecule has 1 unspecified atom stereocenters. The van der Waals surface area contributed by atoms with Crippen LogP contribution >= 0.6 is 0 Å². The van der Waals surface area contributed by atoms with Crippen molar-refractivity contribution in [3.63, 3.8) is 0 Å². The Morgan fingerprint density at radius 1 is 1.20 bits per heavy atom. The summed E-state index contributed by atoms with van der Waals surface area (Å²) in [7, 11) is 1.48. The maximum atomic E-state index is 13.2. The summed E-state index contributed by atoms with van der Waals surface area (Å²) in [5, 5.41) is 3.23. The maximum absolute atomic E-state index is 13.2. The van der Waals surface area contributed by atoms with Crippen LogP contribution in [0.5, 0.6) is 5.75 Å². The van der Waals surface area contributed by atoms with E-state index in [-0.39, 0.29) is 17.7 Å². The Hall–Kier alpha value is -2.17. The molecule has 0 spiro atoms. The first-order valence-electron chi connectivity index (χ1n) is 6.35. The number of nitrogens with one attached hydrogen (secondary N) is 1. The van der Waals surface area contributed by atoms with Crippen LogP contribution in [0.15, 0.2) is 36.5 Å². The van der Waals surface area contributed by atoms with Gasteiger partial charge in [0.05, 0.1) is 30.7 Å². The Balaban J connectivity index is 2.24. The lowest BCUT2D eigenvalue weighted by molar-refractivity contribution is 0.412. The summed E-state index contributed by atoms with van der Waals surface area (Å²) in [5.74, 6) is -0.311. The van der Waals surface area contributed by atoms with Crippen LogP contribution in [0.3, 0.4) is 0 Å². The molecule has 2 rings (SSSR count). The van der Waals surface area contributed by atoms with E-state index in [4.69, 9.17) is 4.74 Å². The van der Waals surface area contributed by atoms with E-state index in [1.165, 1.54) is 31.5 Å². The number of methoxy groups -OCH3 is 1. The van der Waals surface area contributed by atoms with Gasteiger partial charge in [-0.2, -0.15) is 0 Å². The third-order valence-corrected chi connectivity index (χ3v) is 3.01. The molecular weight excluding hydrogens is 262 g/mol. The molecule has 0 amide bonds. The van der Waals surface area contributed by atoms with Crippen molar-refractivity contribution in [3.8, 4) is 5.75 Å². The molecule has 1 heterocycles. The van der Waals surface area contributed by atoms with Crippen LogP contribution in [-0.2, 0) is 0 Å². The highest BCUT2D eigenvalue weighted by Crippen LogP contribution is 2.29. The number of nitrogens with zero attached hydrogens (tertiary/aromatic N) is 1. The molecule has 1 aromatic heterocycles. The molecule has 20 heavy (non-hydrogen) atoms. The van der Waals surface area contributed by atoms with Crippen LogP contribution in [0.2, 0.25) is 0 Å². The number of benzene rings is 1. The fourth-order valence-electron chi connectivity index (χ4n) is 1.95. The summed E-state index contributed by atoms with van der Waals surface area (Å²) in [4.78, 5) is 4.07. The minimum Gasteiger partial charge on any atom is -0.494 e. The number of ether oxygens (including phenoxy) is 1. The van der Waals surface area contributed by atoms with Gasteiger partial charge >= 0.3 is 0 Å². The average Bonchev–Trinajstić information content (AvgIpc) is 2.47. The molecule has 0 aliphatic carbocycles. The Morgan fingerprint density at radius 2 is 1.95 bits per heavy atom. The zero-order chi connectivity index (χ0) is 14.5. The molecule has 0 radical (unpaired) electrons. The fourth-order valence-corrected chi connectivity index (χ4v) is 1.95. The maximum Gasteiger partial charge on any atom is 0.144 e. The summed E-state index contributed by atoms with van der Waals surface area (Å²) in [5.41, 5.74) is 1.40. The van der Waals surface area contributed by atoms with Gasteiger partial charge in [-0.3, -0.25) is 4.98 Å². The third-order valence-electron chi connectivity index (χ3n) is 3.01. The molecule has 2 aromatic rings. The number of hydrogen-bond acceptors (Lipinski definition) is 3. The summed E-state index contributed by atoms with van der Waals surface area (Å²) >= 11 is 0.